The molecule has 1 N–H and O–H groups in total. The monoisotopic (exact) mass is 310 g/mol. The summed E-state index contributed by atoms with van der Waals surface area (Å²) in [5, 5.41) is 11.9. The fourth-order valence-corrected chi connectivity index (χ4v) is 2.96. The summed E-state index contributed by atoms with van der Waals surface area (Å²) in [5.74, 6) is -0.114. The summed E-state index contributed by atoms with van der Waals surface area (Å²) in [6, 6.07) is 8.81. The van der Waals surface area contributed by atoms with Gasteiger partial charge in [0, 0.05) is 5.02 Å². The third kappa shape index (κ3) is 3.05. The molecule has 4 nitrogen and oxygen atoms in total. The highest BCUT2D eigenvalue weighted by atomic mass is 35.5. The largest absolute Gasteiger partial charge is 0.872 e. The van der Waals surface area contributed by atoms with Crippen LogP contribution < -0.4 is 9.83 Å². The first-order chi connectivity index (χ1) is 9.29. The van der Waals surface area contributed by atoms with Crippen LogP contribution in [0.15, 0.2) is 41.3 Å². The van der Waals surface area contributed by atoms with Gasteiger partial charge < -0.3 is 5.11 Å². The molecule has 0 unspecified atom stereocenters. The molecule has 2 aromatic carbocycles. The number of benzene rings is 2. The van der Waals surface area contributed by atoms with Crippen molar-refractivity contribution in [3.05, 3.63) is 52.5 Å². The van der Waals surface area contributed by atoms with Crippen LogP contribution in [-0.4, -0.2) is 8.42 Å². The number of aryl methyl sites for hydroxylation is 2. The minimum absolute atomic E-state index is 0.114. The molecule has 0 atom stereocenters. The normalized spacial score (nSPS) is 11.3. The van der Waals surface area contributed by atoms with E-state index in [-0.39, 0.29) is 10.6 Å². The van der Waals surface area contributed by atoms with Crippen molar-refractivity contribution in [1.82, 2.24) is 0 Å². The summed E-state index contributed by atoms with van der Waals surface area (Å²) in [6.45, 7) is 3.32. The molecule has 2 aromatic rings. The highest BCUT2D eigenvalue weighted by Gasteiger charge is 2.15. The molecule has 0 aliphatic rings. The summed E-state index contributed by atoms with van der Waals surface area (Å²) in [6.07, 6.45) is 0. The topological polar surface area (TPSA) is 69.2 Å². The van der Waals surface area contributed by atoms with Crippen LogP contribution in [0, 0.1) is 13.8 Å². The van der Waals surface area contributed by atoms with Gasteiger partial charge in [0.25, 0.3) is 10.0 Å². The Bertz CT molecular complexity index is 740. The van der Waals surface area contributed by atoms with Crippen LogP contribution in [0.5, 0.6) is 5.75 Å². The standard InChI is InChI=1S/C14H14ClNO3S/c1-9-8-14(17)10(2)7-13(9)16-20(18,19)12-5-3-11(15)4-6-12/h3-8,16-17H,1-2H3/p-1. The van der Waals surface area contributed by atoms with Gasteiger partial charge in [0.05, 0.1) is 10.6 Å². The molecule has 0 aromatic heterocycles. The van der Waals surface area contributed by atoms with Gasteiger partial charge in [0.2, 0.25) is 0 Å². The molecule has 6 heteroatoms. The smallest absolute Gasteiger partial charge is 0.261 e. The molecule has 0 fully saturated rings. The molecule has 0 heterocycles. The fourth-order valence-electron chi connectivity index (χ4n) is 1.72. The Morgan fingerprint density at radius 2 is 1.65 bits per heavy atom. The van der Waals surface area contributed by atoms with Crippen LogP contribution in [0.2, 0.25) is 5.02 Å². The van der Waals surface area contributed by atoms with Crippen molar-refractivity contribution in [3.8, 4) is 5.75 Å². The molecule has 0 amide bonds. The van der Waals surface area contributed by atoms with Crippen molar-refractivity contribution in [2.24, 2.45) is 0 Å². The summed E-state index contributed by atoms with van der Waals surface area (Å²) >= 11 is 5.74. The second kappa shape index (κ2) is 5.34. The van der Waals surface area contributed by atoms with Crippen molar-refractivity contribution < 1.29 is 13.5 Å². The number of halogens is 1. The lowest BCUT2D eigenvalue weighted by Crippen LogP contribution is -2.14. The van der Waals surface area contributed by atoms with Gasteiger partial charge in [-0.25, -0.2) is 8.42 Å². The Kier molecular flexibility index (Phi) is 3.92. The number of nitrogens with one attached hydrogen (secondary N) is 1. The number of hydrogen-bond donors (Lipinski definition) is 1. The van der Waals surface area contributed by atoms with E-state index < -0.39 is 10.0 Å². The van der Waals surface area contributed by atoms with Crippen LogP contribution >= 0.6 is 11.6 Å². The van der Waals surface area contributed by atoms with Gasteiger partial charge in [-0.2, -0.15) is 0 Å². The maximum absolute atomic E-state index is 12.2. The van der Waals surface area contributed by atoms with Gasteiger partial charge in [0.1, 0.15) is 0 Å². The Balaban J connectivity index is 2.38. The van der Waals surface area contributed by atoms with Gasteiger partial charge >= 0.3 is 0 Å². The number of rotatable bonds is 3. The fraction of sp³-hybridized carbons (Fsp3) is 0.143. The molecule has 0 spiro atoms. The van der Waals surface area contributed by atoms with Gasteiger partial charge in [-0.05, 0) is 49.7 Å². The summed E-state index contributed by atoms with van der Waals surface area (Å²) in [4.78, 5) is 0.116. The van der Waals surface area contributed by atoms with E-state index in [0.29, 0.717) is 21.8 Å². The van der Waals surface area contributed by atoms with E-state index in [1.807, 2.05) is 0 Å². The molecule has 2 rings (SSSR count). The molecular formula is C14H13ClNO3S-. The second-order valence-electron chi connectivity index (χ2n) is 4.49. The molecule has 0 aliphatic carbocycles. The van der Waals surface area contributed by atoms with Gasteiger partial charge in [-0.3, -0.25) is 4.72 Å². The van der Waals surface area contributed by atoms with E-state index in [9.17, 15) is 13.5 Å². The number of hydrogen-bond acceptors (Lipinski definition) is 3. The third-order valence-corrected chi connectivity index (χ3v) is 4.52. The Labute approximate surface area is 123 Å². The molecule has 106 valence electrons. The minimum atomic E-state index is -3.69. The molecular weight excluding hydrogens is 298 g/mol. The third-order valence-electron chi connectivity index (χ3n) is 2.89. The first kappa shape index (κ1) is 14.7. The van der Waals surface area contributed by atoms with Crippen LogP contribution in [0.25, 0.3) is 0 Å². The van der Waals surface area contributed by atoms with Crippen molar-refractivity contribution in [1.29, 1.82) is 0 Å². The quantitative estimate of drug-likeness (QED) is 0.947. The maximum Gasteiger partial charge on any atom is 0.261 e. The SMILES string of the molecule is Cc1cc(NS(=O)(=O)c2ccc(Cl)cc2)c(C)cc1[O-]. The van der Waals surface area contributed by atoms with E-state index >= 15 is 0 Å². The molecule has 0 aliphatic heterocycles. The molecule has 0 bridgehead atoms. The van der Waals surface area contributed by atoms with Crippen molar-refractivity contribution in [2.45, 2.75) is 18.7 Å². The predicted molar refractivity (Wildman–Crippen MR) is 77.6 cm³/mol. The maximum atomic E-state index is 12.2. The highest BCUT2D eigenvalue weighted by Crippen LogP contribution is 2.25. The van der Waals surface area contributed by atoms with Crippen LogP contribution in [-0.2, 0) is 10.0 Å². The van der Waals surface area contributed by atoms with Gasteiger partial charge in [-0.15, -0.1) is 5.75 Å². The average Bonchev–Trinajstić information content (AvgIpc) is 2.36. The lowest BCUT2D eigenvalue weighted by Gasteiger charge is -2.16. The zero-order chi connectivity index (χ0) is 14.9. The first-order valence-corrected chi connectivity index (χ1v) is 7.72. The first-order valence-electron chi connectivity index (χ1n) is 5.86. The minimum Gasteiger partial charge on any atom is -0.872 e. The van der Waals surface area contributed by atoms with Crippen LogP contribution in [0.3, 0.4) is 0 Å². The second-order valence-corrected chi connectivity index (χ2v) is 6.61. The van der Waals surface area contributed by atoms with E-state index in [1.165, 1.54) is 36.4 Å². The van der Waals surface area contributed by atoms with Crippen LogP contribution in [0.4, 0.5) is 5.69 Å². The van der Waals surface area contributed by atoms with Gasteiger partial charge in [-0.1, -0.05) is 23.2 Å². The van der Waals surface area contributed by atoms with E-state index in [0.717, 1.165) is 0 Å². The van der Waals surface area contributed by atoms with E-state index in [4.69, 9.17) is 11.6 Å². The Hall–Kier alpha value is -1.72. The number of sulfonamides is 1. The average molecular weight is 311 g/mol. The predicted octanol–water partition coefficient (Wildman–Crippen LogP) is 2.83. The van der Waals surface area contributed by atoms with Crippen molar-refractivity contribution >= 4 is 27.3 Å². The Morgan fingerprint density at radius 1 is 1.05 bits per heavy atom. The highest BCUT2D eigenvalue weighted by molar-refractivity contribution is 7.92. The van der Waals surface area contributed by atoms with Crippen molar-refractivity contribution in [3.63, 3.8) is 0 Å². The number of anilines is 1. The lowest BCUT2D eigenvalue weighted by molar-refractivity contribution is -0.269. The molecule has 0 saturated heterocycles. The molecule has 0 saturated carbocycles. The van der Waals surface area contributed by atoms with Gasteiger partial charge in [0.15, 0.2) is 0 Å². The van der Waals surface area contributed by atoms with E-state index in [1.54, 1.807) is 13.8 Å². The zero-order valence-corrected chi connectivity index (χ0v) is 12.5. The summed E-state index contributed by atoms with van der Waals surface area (Å²) in [5.41, 5.74) is 1.47. The van der Waals surface area contributed by atoms with Crippen LogP contribution in [0.1, 0.15) is 11.1 Å². The summed E-state index contributed by atoms with van der Waals surface area (Å²) in [7, 11) is -3.69. The van der Waals surface area contributed by atoms with Crippen molar-refractivity contribution in [2.75, 3.05) is 4.72 Å². The zero-order valence-electron chi connectivity index (χ0n) is 11.0. The molecule has 20 heavy (non-hydrogen) atoms. The van der Waals surface area contributed by atoms with E-state index in [2.05, 4.69) is 4.72 Å². The summed E-state index contributed by atoms with van der Waals surface area (Å²) < 4.78 is 26.9. The molecule has 0 radical (unpaired) electrons. The Morgan fingerprint density at radius 3 is 2.25 bits per heavy atom. The lowest BCUT2D eigenvalue weighted by atomic mass is 10.1.